The van der Waals surface area contributed by atoms with Gasteiger partial charge in [-0.25, -0.2) is 9.37 Å². The van der Waals surface area contributed by atoms with E-state index in [1.165, 1.54) is 24.4 Å². The molecule has 0 saturated carbocycles. The van der Waals surface area contributed by atoms with Gasteiger partial charge in [0.05, 0.1) is 11.3 Å². The second-order valence-corrected chi connectivity index (χ2v) is 8.26. The van der Waals surface area contributed by atoms with Gasteiger partial charge in [-0.15, -0.1) is 0 Å². The zero-order chi connectivity index (χ0) is 21.9. The van der Waals surface area contributed by atoms with E-state index in [9.17, 15) is 22.4 Å². The van der Waals surface area contributed by atoms with Crippen LogP contribution in [0, 0.1) is 5.82 Å². The average molecular weight is 442 g/mol. The minimum absolute atomic E-state index is 0.163. The number of halogens is 4. The first-order valence-corrected chi connectivity index (χ1v) is 10.2. The van der Waals surface area contributed by atoms with E-state index in [4.69, 9.17) is 0 Å². The highest BCUT2D eigenvalue weighted by molar-refractivity contribution is 8.00. The lowest BCUT2D eigenvalue weighted by molar-refractivity contribution is -0.0329. The second kappa shape index (κ2) is 9.22. The van der Waals surface area contributed by atoms with Gasteiger partial charge in [0, 0.05) is 42.8 Å². The summed E-state index contributed by atoms with van der Waals surface area (Å²) in [6, 6.07) is 7.38. The Morgan fingerprint density at radius 3 is 2.53 bits per heavy atom. The molecule has 162 valence electrons. The predicted molar refractivity (Wildman–Crippen MR) is 109 cm³/mol. The zero-order valence-electron chi connectivity index (χ0n) is 16.5. The Labute approximate surface area is 176 Å². The molecule has 1 fully saturated rings. The first kappa shape index (κ1) is 22.4. The lowest BCUT2D eigenvalue weighted by atomic mass is 10.0. The number of rotatable bonds is 5. The van der Waals surface area contributed by atoms with Crippen molar-refractivity contribution in [2.75, 3.05) is 37.4 Å². The van der Waals surface area contributed by atoms with Gasteiger partial charge in [-0.1, -0.05) is 0 Å². The van der Waals surface area contributed by atoms with Gasteiger partial charge in [-0.3, -0.25) is 4.79 Å². The zero-order valence-corrected chi connectivity index (χ0v) is 17.4. The van der Waals surface area contributed by atoms with E-state index in [1.807, 2.05) is 19.0 Å². The normalized spacial score (nSPS) is 15.5. The molecule has 2 aromatic rings. The monoisotopic (exact) mass is 442 g/mol. The molecule has 1 N–H and O–H groups in total. The SMILES string of the molecule is CN(C)C1CCN(c2ccc(NC(=O)c3cccnc3SC(F)(F)F)cc2F)CC1. The van der Waals surface area contributed by atoms with Gasteiger partial charge in [0.1, 0.15) is 10.8 Å². The van der Waals surface area contributed by atoms with Gasteiger partial charge in [-0.2, -0.15) is 13.2 Å². The van der Waals surface area contributed by atoms with Crippen molar-refractivity contribution in [2.24, 2.45) is 0 Å². The van der Waals surface area contributed by atoms with E-state index in [1.54, 1.807) is 12.1 Å². The summed E-state index contributed by atoms with van der Waals surface area (Å²) in [5, 5.41) is 2.00. The Morgan fingerprint density at radius 2 is 1.93 bits per heavy atom. The van der Waals surface area contributed by atoms with Gasteiger partial charge >= 0.3 is 5.51 Å². The molecule has 0 spiro atoms. The fourth-order valence-corrected chi connectivity index (χ4v) is 4.02. The van der Waals surface area contributed by atoms with Crippen LogP contribution in [-0.2, 0) is 0 Å². The Bertz CT molecular complexity index is 899. The van der Waals surface area contributed by atoms with E-state index in [0.717, 1.165) is 25.9 Å². The molecular formula is C20H22F4N4OS. The van der Waals surface area contributed by atoms with Crippen molar-refractivity contribution in [2.45, 2.75) is 29.4 Å². The van der Waals surface area contributed by atoms with Crippen molar-refractivity contribution in [1.29, 1.82) is 0 Å². The summed E-state index contributed by atoms with van der Waals surface area (Å²) in [6.07, 6.45) is 3.02. The number of piperidine rings is 1. The van der Waals surface area contributed by atoms with Crippen LogP contribution in [0.2, 0.25) is 0 Å². The van der Waals surface area contributed by atoms with Gasteiger partial charge in [-0.05, 0) is 57.3 Å². The molecule has 1 aromatic carbocycles. The minimum atomic E-state index is -4.57. The van der Waals surface area contributed by atoms with Crippen LogP contribution in [0.1, 0.15) is 23.2 Å². The standard InChI is InChI=1S/C20H22F4N4OS/c1-27(2)14-7-10-28(11-8-14)17-6-5-13(12-16(17)21)26-18(29)15-4-3-9-25-19(15)30-20(22,23)24/h3-6,9,12,14H,7-8,10-11H2,1-2H3,(H,26,29). The van der Waals surface area contributed by atoms with Crippen LogP contribution in [-0.4, -0.2) is 54.5 Å². The number of nitrogens with one attached hydrogen (secondary N) is 1. The number of pyridine rings is 1. The molecule has 1 aliphatic rings. The summed E-state index contributed by atoms with van der Waals surface area (Å²) in [5.41, 5.74) is -4.19. The Kier molecular flexibility index (Phi) is 6.87. The predicted octanol–water partition coefficient (Wildman–Crippen LogP) is 4.62. The molecule has 1 aromatic heterocycles. The largest absolute Gasteiger partial charge is 0.447 e. The Balaban J connectivity index is 1.70. The van der Waals surface area contributed by atoms with Gasteiger partial charge in [0.25, 0.3) is 5.91 Å². The third kappa shape index (κ3) is 5.63. The highest BCUT2D eigenvalue weighted by Crippen LogP contribution is 2.37. The van der Waals surface area contributed by atoms with Crippen LogP contribution < -0.4 is 10.2 Å². The first-order valence-electron chi connectivity index (χ1n) is 9.37. The van der Waals surface area contributed by atoms with Crippen molar-refractivity contribution < 1.29 is 22.4 Å². The number of anilines is 2. The number of thioether (sulfide) groups is 1. The highest BCUT2D eigenvalue weighted by atomic mass is 32.2. The number of alkyl halides is 3. The number of hydrogen-bond donors (Lipinski definition) is 1. The Morgan fingerprint density at radius 1 is 1.23 bits per heavy atom. The minimum Gasteiger partial charge on any atom is -0.369 e. The molecule has 5 nitrogen and oxygen atoms in total. The van der Waals surface area contributed by atoms with Crippen LogP contribution in [0.3, 0.4) is 0 Å². The summed E-state index contributed by atoms with van der Waals surface area (Å²) in [4.78, 5) is 20.2. The molecule has 3 rings (SSSR count). The van der Waals surface area contributed by atoms with E-state index in [0.29, 0.717) is 11.7 Å². The molecule has 30 heavy (non-hydrogen) atoms. The molecule has 0 aliphatic carbocycles. The van der Waals surface area contributed by atoms with Crippen LogP contribution in [0.4, 0.5) is 28.9 Å². The molecule has 1 amide bonds. The Hall–Kier alpha value is -2.33. The molecule has 0 radical (unpaired) electrons. The van der Waals surface area contributed by atoms with Crippen molar-refractivity contribution >= 4 is 29.0 Å². The van der Waals surface area contributed by atoms with Gasteiger partial charge in [0.15, 0.2) is 0 Å². The lowest BCUT2D eigenvalue weighted by Crippen LogP contribution is -2.42. The lowest BCUT2D eigenvalue weighted by Gasteiger charge is -2.36. The third-order valence-corrected chi connectivity index (χ3v) is 5.72. The number of aromatic nitrogens is 1. The van der Waals surface area contributed by atoms with E-state index in [2.05, 4.69) is 15.2 Å². The van der Waals surface area contributed by atoms with Gasteiger partial charge < -0.3 is 15.1 Å². The number of nitrogens with zero attached hydrogens (tertiary/aromatic N) is 3. The average Bonchev–Trinajstić information content (AvgIpc) is 2.67. The van der Waals surface area contributed by atoms with Gasteiger partial charge in [0.2, 0.25) is 0 Å². The quantitative estimate of drug-likeness (QED) is 0.541. The molecule has 0 unspecified atom stereocenters. The molecule has 0 bridgehead atoms. The van der Waals surface area contributed by atoms with Crippen LogP contribution >= 0.6 is 11.8 Å². The summed E-state index contributed by atoms with van der Waals surface area (Å²) in [6.45, 7) is 1.44. The van der Waals surface area contributed by atoms with Crippen LogP contribution in [0.5, 0.6) is 0 Å². The number of benzene rings is 1. The van der Waals surface area contributed by atoms with Crippen LogP contribution in [0.25, 0.3) is 0 Å². The molecule has 1 aliphatic heterocycles. The topological polar surface area (TPSA) is 48.5 Å². The fraction of sp³-hybridized carbons (Fsp3) is 0.400. The van der Waals surface area contributed by atoms with Crippen molar-refractivity contribution in [1.82, 2.24) is 9.88 Å². The highest BCUT2D eigenvalue weighted by Gasteiger charge is 2.32. The van der Waals surface area contributed by atoms with Crippen LogP contribution in [0.15, 0.2) is 41.6 Å². The number of amides is 1. The maximum absolute atomic E-state index is 14.7. The molecule has 1 saturated heterocycles. The number of carbonyl (C=O) groups excluding carboxylic acids is 1. The summed E-state index contributed by atoms with van der Waals surface area (Å²) >= 11 is -0.463. The fourth-order valence-electron chi connectivity index (χ4n) is 3.42. The molecule has 2 heterocycles. The van der Waals surface area contributed by atoms with E-state index >= 15 is 0 Å². The smallest absolute Gasteiger partial charge is 0.369 e. The van der Waals surface area contributed by atoms with E-state index in [-0.39, 0.29) is 11.3 Å². The molecular weight excluding hydrogens is 420 g/mol. The first-order chi connectivity index (χ1) is 14.1. The summed E-state index contributed by atoms with van der Waals surface area (Å²) in [5.74, 6) is -1.28. The van der Waals surface area contributed by atoms with E-state index < -0.39 is 34.0 Å². The number of hydrogen-bond acceptors (Lipinski definition) is 5. The van der Waals surface area contributed by atoms with Crippen molar-refractivity contribution in [3.8, 4) is 0 Å². The maximum Gasteiger partial charge on any atom is 0.447 e. The summed E-state index contributed by atoms with van der Waals surface area (Å²) < 4.78 is 52.7. The van der Waals surface area contributed by atoms with Crippen molar-refractivity contribution in [3.63, 3.8) is 0 Å². The second-order valence-electron chi connectivity index (χ2n) is 7.21. The summed E-state index contributed by atoms with van der Waals surface area (Å²) in [7, 11) is 4.05. The third-order valence-electron chi connectivity index (χ3n) is 4.97. The van der Waals surface area contributed by atoms with Crippen molar-refractivity contribution in [3.05, 3.63) is 47.9 Å². The molecule has 0 atom stereocenters. The number of carbonyl (C=O) groups is 1. The maximum atomic E-state index is 14.7. The molecule has 10 heteroatoms.